The largest absolute Gasteiger partial charge is 0.342 e. The number of likely N-dealkylation sites (N-methyl/N-ethyl adjacent to an activating group) is 1. The first-order valence-electron chi connectivity index (χ1n) is 7.91. The standard InChI is InChI=1S/C18H30N2O/c1-7-20(8-2)17(21)14(3)19-13-15-9-11-16(12-10-15)18(4,5)6/h9-12,14,19H,7-8,13H2,1-6H3. The maximum absolute atomic E-state index is 12.2. The van der Waals surface area contributed by atoms with Crippen LogP contribution in [0, 0.1) is 0 Å². The van der Waals surface area contributed by atoms with E-state index in [-0.39, 0.29) is 17.4 Å². The molecule has 0 fully saturated rings. The maximum atomic E-state index is 12.2. The number of rotatable bonds is 6. The van der Waals surface area contributed by atoms with Gasteiger partial charge in [0, 0.05) is 19.6 Å². The molecule has 0 saturated carbocycles. The molecule has 0 aliphatic rings. The van der Waals surface area contributed by atoms with E-state index < -0.39 is 0 Å². The molecule has 21 heavy (non-hydrogen) atoms. The van der Waals surface area contributed by atoms with Crippen LogP contribution in [0.3, 0.4) is 0 Å². The van der Waals surface area contributed by atoms with Gasteiger partial charge in [0.25, 0.3) is 0 Å². The number of nitrogens with zero attached hydrogens (tertiary/aromatic N) is 1. The molecule has 1 amide bonds. The second-order valence-electron chi connectivity index (χ2n) is 6.56. The highest BCUT2D eigenvalue weighted by Crippen LogP contribution is 2.22. The van der Waals surface area contributed by atoms with E-state index in [2.05, 4.69) is 50.4 Å². The maximum Gasteiger partial charge on any atom is 0.239 e. The average Bonchev–Trinajstić information content (AvgIpc) is 2.45. The molecule has 0 saturated heterocycles. The highest BCUT2D eigenvalue weighted by molar-refractivity contribution is 5.81. The molecule has 1 aromatic rings. The third kappa shape index (κ3) is 5.16. The molecule has 3 nitrogen and oxygen atoms in total. The number of carbonyl (C=O) groups is 1. The van der Waals surface area contributed by atoms with Crippen LogP contribution in [0.5, 0.6) is 0 Å². The van der Waals surface area contributed by atoms with Crippen LogP contribution in [0.2, 0.25) is 0 Å². The summed E-state index contributed by atoms with van der Waals surface area (Å²) in [7, 11) is 0. The molecule has 1 N–H and O–H groups in total. The van der Waals surface area contributed by atoms with Crippen molar-refractivity contribution in [1.82, 2.24) is 10.2 Å². The first kappa shape index (κ1) is 17.7. The van der Waals surface area contributed by atoms with Crippen molar-refractivity contribution >= 4 is 5.91 Å². The molecule has 1 atom stereocenters. The Balaban J connectivity index is 2.57. The fourth-order valence-corrected chi connectivity index (χ4v) is 2.29. The van der Waals surface area contributed by atoms with E-state index in [1.165, 1.54) is 11.1 Å². The Morgan fingerprint density at radius 2 is 1.67 bits per heavy atom. The molecule has 0 heterocycles. The lowest BCUT2D eigenvalue weighted by molar-refractivity contribution is -0.132. The van der Waals surface area contributed by atoms with Crippen LogP contribution in [-0.2, 0) is 16.8 Å². The van der Waals surface area contributed by atoms with E-state index >= 15 is 0 Å². The van der Waals surface area contributed by atoms with Gasteiger partial charge in [0.05, 0.1) is 6.04 Å². The fourth-order valence-electron chi connectivity index (χ4n) is 2.29. The third-order valence-electron chi connectivity index (χ3n) is 3.88. The summed E-state index contributed by atoms with van der Waals surface area (Å²) < 4.78 is 0. The topological polar surface area (TPSA) is 32.3 Å². The summed E-state index contributed by atoms with van der Waals surface area (Å²) in [6, 6.07) is 8.48. The van der Waals surface area contributed by atoms with Crippen LogP contribution in [0.4, 0.5) is 0 Å². The zero-order chi connectivity index (χ0) is 16.0. The van der Waals surface area contributed by atoms with Crippen molar-refractivity contribution in [2.24, 2.45) is 0 Å². The summed E-state index contributed by atoms with van der Waals surface area (Å²) in [5, 5.41) is 3.31. The minimum atomic E-state index is -0.146. The van der Waals surface area contributed by atoms with Crippen molar-refractivity contribution in [2.75, 3.05) is 13.1 Å². The molecule has 0 bridgehead atoms. The molecule has 1 aromatic carbocycles. The number of carbonyl (C=O) groups excluding carboxylic acids is 1. The van der Waals surface area contributed by atoms with Crippen LogP contribution < -0.4 is 5.32 Å². The number of amides is 1. The van der Waals surface area contributed by atoms with E-state index in [1.54, 1.807) is 0 Å². The summed E-state index contributed by atoms with van der Waals surface area (Å²) in [5.74, 6) is 0.173. The summed E-state index contributed by atoms with van der Waals surface area (Å²) in [6.45, 7) is 14.9. The highest BCUT2D eigenvalue weighted by Gasteiger charge is 2.17. The molecule has 0 aliphatic carbocycles. The van der Waals surface area contributed by atoms with E-state index in [4.69, 9.17) is 0 Å². The van der Waals surface area contributed by atoms with Gasteiger partial charge in [-0.1, -0.05) is 45.0 Å². The molecular formula is C18H30N2O. The van der Waals surface area contributed by atoms with Gasteiger partial charge >= 0.3 is 0 Å². The normalized spacial score (nSPS) is 13.0. The quantitative estimate of drug-likeness (QED) is 0.871. The number of hydrogen-bond donors (Lipinski definition) is 1. The van der Waals surface area contributed by atoms with Gasteiger partial charge < -0.3 is 10.2 Å². The third-order valence-corrected chi connectivity index (χ3v) is 3.88. The minimum absolute atomic E-state index is 0.146. The first-order valence-corrected chi connectivity index (χ1v) is 7.91. The van der Waals surface area contributed by atoms with Crippen molar-refractivity contribution in [3.63, 3.8) is 0 Å². The Hall–Kier alpha value is -1.35. The lowest BCUT2D eigenvalue weighted by Gasteiger charge is -2.23. The zero-order valence-electron chi connectivity index (χ0n) is 14.4. The smallest absolute Gasteiger partial charge is 0.239 e. The van der Waals surface area contributed by atoms with E-state index in [0.717, 1.165) is 19.6 Å². The van der Waals surface area contributed by atoms with Gasteiger partial charge in [-0.2, -0.15) is 0 Å². The first-order chi connectivity index (χ1) is 9.79. The van der Waals surface area contributed by atoms with Gasteiger partial charge in [-0.05, 0) is 37.3 Å². The molecule has 0 spiro atoms. The molecule has 0 aliphatic heterocycles. The second kappa shape index (κ2) is 7.60. The predicted octanol–water partition coefficient (Wildman–Crippen LogP) is 3.33. The van der Waals surface area contributed by atoms with Crippen molar-refractivity contribution < 1.29 is 4.79 Å². The van der Waals surface area contributed by atoms with Crippen LogP contribution in [0.25, 0.3) is 0 Å². The van der Waals surface area contributed by atoms with Crippen LogP contribution in [-0.4, -0.2) is 29.9 Å². The Morgan fingerprint density at radius 1 is 1.14 bits per heavy atom. The van der Waals surface area contributed by atoms with Gasteiger partial charge in [-0.15, -0.1) is 0 Å². The fraction of sp³-hybridized carbons (Fsp3) is 0.611. The van der Waals surface area contributed by atoms with Crippen molar-refractivity contribution in [2.45, 2.75) is 59.5 Å². The molecular weight excluding hydrogens is 260 g/mol. The number of hydrogen-bond acceptors (Lipinski definition) is 2. The summed E-state index contributed by atoms with van der Waals surface area (Å²) >= 11 is 0. The van der Waals surface area contributed by atoms with Gasteiger partial charge in [0.2, 0.25) is 5.91 Å². The average molecular weight is 290 g/mol. The molecule has 1 unspecified atom stereocenters. The van der Waals surface area contributed by atoms with E-state index in [0.29, 0.717) is 0 Å². The second-order valence-corrected chi connectivity index (χ2v) is 6.56. The SMILES string of the molecule is CCN(CC)C(=O)C(C)NCc1ccc(C(C)(C)C)cc1. The summed E-state index contributed by atoms with van der Waals surface area (Å²) in [5.41, 5.74) is 2.72. The highest BCUT2D eigenvalue weighted by atomic mass is 16.2. The van der Waals surface area contributed by atoms with Gasteiger partial charge in [0.1, 0.15) is 0 Å². The minimum Gasteiger partial charge on any atom is -0.342 e. The number of benzene rings is 1. The summed E-state index contributed by atoms with van der Waals surface area (Å²) in [4.78, 5) is 14.0. The van der Waals surface area contributed by atoms with E-state index in [9.17, 15) is 4.79 Å². The Morgan fingerprint density at radius 3 is 2.10 bits per heavy atom. The molecule has 1 rings (SSSR count). The lowest BCUT2D eigenvalue weighted by atomic mass is 9.87. The van der Waals surface area contributed by atoms with Gasteiger partial charge in [-0.25, -0.2) is 0 Å². The Bertz CT molecular complexity index is 441. The van der Waals surface area contributed by atoms with Crippen LogP contribution in [0.1, 0.15) is 52.7 Å². The molecule has 0 radical (unpaired) electrons. The van der Waals surface area contributed by atoms with Crippen molar-refractivity contribution in [3.05, 3.63) is 35.4 Å². The van der Waals surface area contributed by atoms with Gasteiger partial charge in [0.15, 0.2) is 0 Å². The lowest BCUT2D eigenvalue weighted by Crippen LogP contribution is -2.44. The molecule has 3 heteroatoms. The predicted molar refractivity (Wildman–Crippen MR) is 89.4 cm³/mol. The van der Waals surface area contributed by atoms with Gasteiger partial charge in [-0.3, -0.25) is 4.79 Å². The van der Waals surface area contributed by atoms with Crippen LogP contribution in [0.15, 0.2) is 24.3 Å². The van der Waals surface area contributed by atoms with Crippen molar-refractivity contribution in [3.8, 4) is 0 Å². The van der Waals surface area contributed by atoms with Crippen molar-refractivity contribution in [1.29, 1.82) is 0 Å². The molecule has 0 aromatic heterocycles. The monoisotopic (exact) mass is 290 g/mol. The zero-order valence-corrected chi connectivity index (χ0v) is 14.4. The molecule has 118 valence electrons. The van der Waals surface area contributed by atoms with Crippen LogP contribution >= 0.6 is 0 Å². The Kier molecular flexibility index (Phi) is 6.41. The Labute approximate surface area is 129 Å². The summed E-state index contributed by atoms with van der Waals surface area (Å²) in [6.07, 6.45) is 0. The number of nitrogens with one attached hydrogen (secondary N) is 1. The van der Waals surface area contributed by atoms with E-state index in [1.807, 2.05) is 25.7 Å².